The van der Waals surface area contributed by atoms with Crippen LogP contribution in [0.4, 0.5) is 0 Å². The lowest BCUT2D eigenvalue weighted by Crippen LogP contribution is -2.31. The largest absolute Gasteiger partial charge is 0.497 e. The first-order valence-electron chi connectivity index (χ1n) is 7.20. The van der Waals surface area contributed by atoms with Crippen molar-refractivity contribution < 1.29 is 14.2 Å². The van der Waals surface area contributed by atoms with E-state index in [1.54, 1.807) is 7.11 Å². The van der Waals surface area contributed by atoms with Gasteiger partial charge in [0.25, 0.3) is 0 Å². The number of rotatable bonds is 6. The Hall–Kier alpha value is -1.06. The first-order chi connectivity index (χ1) is 9.33. The van der Waals surface area contributed by atoms with Gasteiger partial charge in [-0.05, 0) is 24.1 Å². The molecule has 19 heavy (non-hydrogen) atoms. The van der Waals surface area contributed by atoms with Crippen molar-refractivity contribution in [3.63, 3.8) is 0 Å². The van der Waals surface area contributed by atoms with Gasteiger partial charge in [-0.2, -0.15) is 0 Å². The van der Waals surface area contributed by atoms with Crippen LogP contribution in [0, 0.1) is 0 Å². The number of unbranched alkanes of at least 4 members (excludes halogenated alkanes) is 2. The van der Waals surface area contributed by atoms with Crippen LogP contribution < -0.4 is 4.74 Å². The highest BCUT2D eigenvalue weighted by molar-refractivity contribution is 5.28. The summed E-state index contributed by atoms with van der Waals surface area (Å²) in [4.78, 5) is 0. The normalized spacial score (nSPS) is 23.3. The van der Waals surface area contributed by atoms with E-state index in [2.05, 4.69) is 6.92 Å². The molecular formula is C16H24O3. The van der Waals surface area contributed by atoms with Crippen molar-refractivity contribution in [2.45, 2.75) is 44.8 Å². The maximum Gasteiger partial charge on any atom is 0.118 e. The predicted molar refractivity (Wildman–Crippen MR) is 75.6 cm³/mol. The zero-order chi connectivity index (χ0) is 13.5. The number of hydrogen-bond acceptors (Lipinski definition) is 3. The van der Waals surface area contributed by atoms with E-state index in [1.165, 1.54) is 19.3 Å². The van der Waals surface area contributed by atoms with Gasteiger partial charge in [-0.1, -0.05) is 38.3 Å². The Labute approximate surface area is 115 Å². The summed E-state index contributed by atoms with van der Waals surface area (Å²) in [5.41, 5.74) is 1.16. The zero-order valence-electron chi connectivity index (χ0n) is 11.9. The van der Waals surface area contributed by atoms with E-state index in [1.807, 2.05) is 24.3 Å². The molecule has 0 saturated carbocycles. The summed E-state index contributed by atoms with van der Waals surface area (Å²) in [6.07, 6.45) is 5.22. The summed E-state index contributed by atoms with van der Waals surface area (Å²) in [6.45, 7) is 3.58. The lowest BCUT2D eigenvalue weighted by atomic mass is 10.1. The minimum Gasteiger partial charge on any atom is -0.497 e. The Balaban J connectivity index is 1.78. The SMILES string of the molecule is CCCCCC1COC(c2ccc(OC)cc2)CO1. The summed E-state index contributed by atoms with van der Waals surface area (Å²) in [5, 5.41) is 0. The average molecular weight is 264 g/mol. The van der Waals surface area contributed by atoms with Crippen LogP contribution in [0.5, 0.6) is 5.75 Å². The van der Waals surface area contributed by atoms with Gasteiger partial charge in [-0.25, -0.2) is 0 Å². The van der Waals surface area contributed by atoms with Crippen LogP contribution in [-0.4, -0.2) is 26.4 Å². The molecule has 3 heteroatoms. The second kappa shape index (κ2) is 7.51. The molecule has 0 amide bonds. The Morgan fingerprint density at radius 2 is 1.89 bits per heavy atom. The lowest BCUT2D eigenvalue weighted by molar-refractivity contribution is -0.137. The van der Waals surface area contributed by atoms with Gasteiger partial charge in [0, 0.05) is 0 Å². The van der Waals surface area contributed by atoms with Crippen LogP contribution >= 0.6 is 0 Å². The molecule has 3 nitrogen and oxygen atoms in total. The molecule has 0 spiro atoms. The fourth-order valence-corrected chi connectivity index (χ4v) is 2.34. The lowest BCUT2D eigenvalue weighted by Gasteiger charge is -2.30. The molecule has 106 valence electrons. The average Bonchev–Trinajstić information content (AvgIpc) is 2.48. The molecule has 0 N–H and O–H groups in total. The second-order valence-corrected chi connectivity index (χ2v) is 5.05. The summed E-state index contributed by atoms with van der Waals surface area (Å²) >= 11 is 0. The van der Waals surface area contributed by atoms with E-state index in [9.17, 15) is 0 Å². The third-order valence-corrected chi connectivity index (χ3v) is 3.58. The van der Waals surface area contributed by atoms with E-state index in [-0.39, 0.29) is 12.2 Å². The summed E-state index contributed by atoms with van der Waals surface area (Å²) < 4.78 is 17.0. The maximum atomic E-state index is 5.92. The van der Waals surface area contributed by atoms with E-state index in [0.29, 0.717) is 13.2 Å². The molecule has 0 bridgehead atoms. The highest BCUT2D eigenvalue weighted by Gasteiger charge is 2.23. The van der Waals surface area contributed by atoms with Gasteiger partial charge in [-0.15, -0.1) is 0 Å². The molecule has 1 aromatic rings. The summed E-state index contributed by atoms with van der Waals surface area (Å²) in [7, 11) is 1.68. The monoisotopic (exact) mass is 264 g/mol. The highest BCUT2D eigenvalue weighted by atomic mass is 16.6. The smallest absolute Gasteiger partial charge is 0.118 e. The van der Waals surface area contributed by atoms with Crippen molar-refractivity contribution in [2.75, 3.05) is 20.3 Å². The van der Waals surface area contributed by atoms with Gasteiger partial charge in [0.05, 0.1) is 26.4 Å². The zero-order valence-corrected chi connectivity index (χ0v) is 11.9. The molecule has 1 saturated heterocycles. The van der Waals surface area contributed by atoms with Crippen molar-refractivity contribution in [1.82, 2.24) is 0 Å². The Kier molecular flexibility index (Phi) is 5.67. The number of methoxy groups -OCH3 is 1. The molecule has 1 aromatic carbocycles. The van der Waals surface area contributed by atoms with Crippen molar-refractivity contribution in [1.29, 1.82) is 0 Å². The van der Waals surface area contributed by atoms with E-state index < -0.39 is 0 Å². The van der Waals surface area contributed by atoms with Crippen LogP contribution in [0.3, 0.4) is 0 Å². The van der Waals surface area contributed by atoms with E-state index in [0.717, 1.165) is 17.7 Å². The molecular weight excluding hydrogens is 240 g/mol. The molecule has 1 fully saturated rings. The van der Waals surface area contributed by atoms with Crippen molar-refractivity contribution in [2.24, 2.45) is 0 Å². The Bertz CT molecular complexity index is 353. The first kappa shape index (κ1) is 14.4. The standard InChI is InChI=1S/C16H24O3/c1-3-4-5-6-15-11-19-16(12-18-15)13-7-9-14(17-2)10-8-13/h7-10,15-16H,3-6,11-12H2,1-2H3. The topological polar surface area (TPSA) is 27.7 Å². The molecule has 2 rings (SSSR count). The van der Waals surface area contributed by atoms with Gasteiger partial charge in [0.2, 0.25) is 0 Å². The Morgan fingerprint density at radius 3 is 2.47 bits per heavy atom. The number of benzene rings is 1. The molecule has 1 aliphatic heterocycles. The van der Waals surface area contributed by atoms with Gasteiger partial charge in [0.15, 0.2) is 0 Å². The molecule has 2 atom stereocenters. The third kappa shape index (κ3) is 4.22. The fraction of sp³-hybridized carbons (Fsp3) is 0.625. The van der Waals surface area contributed by atoms with E-state index in [4.69, 9.17) is 14.2 Å². The quantitative estimate of drug-likeness (QED) is 0.733. The maximum absolute atomic E-state index is 5.92. The van der Waals surface area contributed by atoms with Gasteiger partial charge in [-0.3, -0.25) is 0 Å². The molecule has 2 unspecified atom stereocenters. The van der Waals surface area contributed by atoms with Crippen LogP contribution in [-0.2, 0) is 9.47 Å². The molecule has 1 aliphatic rings. The predicted octanol–water partition coefficient (Wildman–Crippen LogP) is 3.73. The van der Waals surface area contributed by atoms with Gasteiger partial charge >= 0.3 is 0 Å². The van der Waals surface area contributed by atoms with Crippen LogP contribution in [0.15, 0.2) is 24.3 Å². The number of ether oxygens (including phenoxy) is 3. The fourth-order valence-electron chi connectivity index (χ4n) is 2.34. The van der Waals surface area contributed by atoms with E-state index >= 15 is 0 Å². The molecule has 0 aromatic heterocycles. The minimum atomic E-state index is 0.0633. The van der Waals surface area contributed by atoms with Crippen molar-refractivity contribution in [3.8, 4) is 5.75 Å². The Morgan fingerprint density at radius 1 is 1.11 bits per heavy atom. The highest BCUT2D eigenvalue weighted by Crippen LogP contribution is 2.26. The second-order valence-electron chi connectivity index (χ2n) is 5.05. The number of hydrogen-bond donors (Lipinski definition) is 0. The molecule has 0 radical (unpaired) electrons. The summed E-state index contributed by atoms with van der Waals surface area (Å²) in [6, 6.07) is 8.02. The van der Waals surface area contributed by atoms with Crippen LogP contribution in [0.25, 0.3) is 0 Å². The van der Waals surface area contributed by atoms with Crippen LogP contribution in [0.2, 0.25) is 0 Å². The summed E-state index contributed by atoms with van der Waals surface area (Å²) in [5.74, 6) is 0.873. The van der Waals surface area contributed by atoms with Gasteiger partial charge in [0.1, 0.15) is 11.9 Å². The van der Waals surface area contributed by atoms with Crippen molar-refractivity contribution >= 4 is 0 Å². The molecule has 1 heterocycles. The van der Waals surface area contributed by atoms with Crippen LogP contribution in [0.1, 0.15) is 44.3 Å². The van der Waals surface area contributed by atoms with Crippen molar-refractivity contribution in [3.05, 3.63) is 29.8 Å². The molecule has 0 aliphatic carbocycles. The van der Waals surface area contributed by atoms with Gasteiger partial charge < -0.3 is 14.2 Å². The minimum absolute atomic E-state index is 0.0633. The third-order valence-electron chi connectivity index (χ3n) is 3.58. The first-order valence-corrected chi connectivity index (χ1v) is 7.20.